The average molecular weight is 349 g/mol. The fourth-order valence-electron chi connectivity index (χ4n) is 4.38. The van der Waals surface area contributed by atoms with E-state index in [0.29, 0.717) is 11.8 Å². The molecule has 0 radical (unpaired) electrons. The minimum Gasteiger partial charge on any atom is -0.381 e. The van der Waals surface area contributed by atoms with E-state index in [2.05, 4.69) is 4.90 Å². The van der Waals surface area contributed by atoms with Gasteiger partial charge in [-0.25, -0.2) is 4.39 Å². The summed E-state index contributed by atoms with van der Waals surface area (Å²) < 4.78 is 30.9. The molecule has 3 saturated heterocycles. The lowest BCUT2D eigenvalue weighted by Gasteiger charge is -2.50. The van der Waals surface area contributed by atoms with Crippen LogP contribution in [0.5, 0.6) is 0 Å². The van der Waals surface area contributed by atoms with Crippen molar-refractivity contribution in [2.75, 3.05) is 46.1 Å². The summed E-state index contributed by atoms with van der Waals surface area (Å²) >= 11 is 0. The first-order valence-corrected chi connectivity index (χ1v) is 9.50. The van der Waals surface area contributed by atoms with Crippen LogP contribution >= 0.6 is 0 Å². The highest BCUT2D eigenvalue weighted by atomic mass is 19.1. The summed E-state index contributed by atoms with van der Waals surface area (Å²) in [5, 5.41) is 0. The normalized spacial score (nSPS) is 26.8. The van der Waals surface area contributed by atoms with E-state index in [0.717, 1.165) is 77.5 Å². The maximum Gasteiger partial charge on any atom is 0.123 e. The molecule has 3 aliphatic heterocycles. The highest BCUT2D eigenvalue weighted by Crippen LogP contribution is 2.40. The number of halogens is 1. The van der Waals surface area contributed by atoms with E-state index in [4.69, 9.17) is 14.2 Å². The Kier molecular flexibility index (Phi) is 5.36. The van der Waals surface area contributed by atoms with E-state index in [1.807, 2.05) is 6.07 Å². The monoisotopic (exact) mass is 349 g/mol. The van der Waals surface area contributed by atoms with Crippen molar-refractivity contribution in [1.82, 2.24) is 4.90 Å². The third-order valence-corrected chi connectivity index (χ3v) is 5.89. The van der Waals surface area contributed by atoms with Crippen molar-refractivity contribution >= 4 is 0 Å². The van der Waals surface area contributed by atoms with Crippen LogP contribution in [0.15, 0.2) is 24.3 Å². The molecule has 0 bridgehead atoms. The smallest absolute Gasteiger partial charge is 0.123 e. The predicted octanol–water partition coefficient (Wildman–Crippen LogP) is 2.86. The Morgan fingerprint density at radius 1 is 1.12 bits per heavy atom. The molecule has 1 aromatic rings. The van der Waals surface area contributed by atoms with Crippen molar-refractivity contribution in [1.29, 1.82) is 0 Å². The van der Waals surface area contributed by atoms with Crippen LogP contribution < -0.4 is 0 Å². The second-order valence-corrected chi connectivity index (χ2v) is 7.77. The molecular weight excluding hydrogens is 321 g/mol. The van der Waals surface area contributed by atoms with E-state index in [1.54, 1.807) is 12.1 Å². The predicted molar refractivity (Wildman–Crippen MR) is 92.8 cm³/mol. The SMILES string of the molecule is Fc1cccc(CN2CC3(C2)OCC[C@@H]3COCC2CCOCC2)c1. The maximum atomic E-state index is 13.3. The summed E-state index contributed by atoms with van der Waals surface area (Å²) in [7, 11) is 0. The molecular formula is C20H28FNO3. The van der Waals surface area contributed by atoms with E-state index >= 15 is 0 Å². The quantitative estimate of drug-likeness (QED) is 0.790. The number of hydrogen-bond donors (Lipinski definition) is 0. The van der Waals surface area contributed by atoms with Gasteiger partial charge in [0.1, 0.15) is 5.82 Å². The van der Waals surface area contributed by atoms with Crippen LogP contribution in [0.4, 0.5) is 4.39 Å². The fraction of sp³-hybridized carbons (Fsp3) is 0.700. The van der Waals surface area contributed by atoms with Crippen LogP contribution in [-0.2, 0) is 20.8 Å². The summed E-state index contributed by atoms with van der Waals surface area (Å²) in [4.78, 5) is 2.34. The van der Waals surface area contributed by atoms with Gasteiger partial charge in [-0.15, -0.1) is 0 Å². The Labute approximate surface area is 149 Å². The van der Waals surface area contributed by atoms with Crippen LogP contribution in [0.3, 0.4) is 0 Å². The number of likely N-dealkylation sites (tertiary alicyclic amines) is 1. The third kappa shape index (κ3) is 4.05. The van der Waals surface area contributed by atoms with Gasteiger partial charge in [0.05, 0.1) is 12.2 Å². The number of nitrogens with zero attached hydrogens (tertiary/aromatic N) is 1. The van der Waals surface area contributed by atoms with Crippen LogP contribution in [0.25, 0.3) is 0 Å². The molecule has 1 aromatic carbocycles. The summed E-state index contributed by atoms with van der Waals surface area (Å²) in [5.41, 5.74) is 0.989. The van der Waals surface area contributed by atoms with Gasteiger partial charge in [0.2, 0.25) is 0 Å². The third-order valence-electron chi connectivity index (χ3n) is 5.89. The van der Waals surface area contributed by atoms with E-state index in [-0.39, 0.29) is 11.4 Å². The minimum absolute atomic E-state index is 0.0387. The van der Waals surface area contributed by atoms with Crippen molar-refractivity contribution in [3.8, 4) is 0 Å². The molecule has 0 aromatic heterocycles. The highest BCUT2D eigenvalue weighted by molar-refractivity contribution is 5.17. The van der Waals surface area contributed by atoms with Crippen LogP contribution in [0.1, 0.15) is 24.8 Å². The molecule has 3 heterocycles. The number of ether oxygens (including phenoxy) is 3. The first-order valence-electron chi connectivity index (χ1n) is 9.50. The molecule has 0 amide bonds. The van der Waals surface area contributed by atoms with Gasteiger partial charge in [-0.3, -0.25) is 4.90 Å². The van der Waals surface area contributed by atoms with Gasteiger partial charge in [0, 0.05) is 52.0 Å². The van der Waals surface area contributed by atoms with Gasteiger partial charge in [-0.05, 0) is 42.9 Å². The molecule has 0 N–H and O–H groups in total. The zero-order chi connectivity index (χ0) is 17.1. The molecule has 25 heavy (non-hydrogen) atoms. The van der Waals surface area contributed by atoms with Crippen LogP contribution in [0.2, 0.25) is 0 Å². The van der Waals surface area contributed by atoms with Crippen molar-refractivity contribution in [3.05, 3.63) is 35.6 Å². The van der Waals surface area contributed by atoms with Crippen molar-refractivity contribution in [2.24, 2.45) is 11.8 Å². The molecule has 1 spiro atoms. The highest BCUT2D eigenvalue weighted by Gasteiger charge is 2.52. The molecule has 5 heteroatoms. The Balaban J connectivity index is 1.23. The van der Waals surface area contributed by atoms with Gasteiger partial charge in [0.25, 0.3) is 0 Å². The van der Waals surface area contributed by atoms with Gasteiger partial charge in [0.15, 0.2) is 0 Å². The Bertz CT molecular complexity index is 570. The van der Waals surface area contributed by atoms with Gasteiger partial charge in [-0.1, -0.05) is 12.1 Å². The Morgan fingerprint density at radius 2 is 1.96 bits per heavy atom. The zero-order valence-corrected chi connectivity index (χ0v) is 14.8. The summed E-state index contributed by atoms with van der Waals surface area (Å²) in [6, 6.07) is 6.87. The Morgan fingerprint density at radius 3 is 2.76 bits per heavy atom. The van der Waals surface area contributed by atoms with Crippen molar-refractivity contribution in [2.45, 2.75) is 31.4 Å². The number of rotatable bonds is 6. The number of benzene rings is 1. The standard InChI is InChI=1S/C20H28FNO3/c21-19-3-1-2-17(10-19)11-22-14-20(15-22)18(6-9-25-20)13-24-12-16-4-7-23-8-5-16/h1-3,10,16,18H,4-9,11-15H2/t18-/m1/s1. The molecule has 3 fully saturated rings. The zero-order valence-electron chi connectivity index (χ0n) is 14.8. The van der Waals surface area contributed by atoms with E-state index in [1.165, 1.54) is 6.07 Å². The van der Waals surface area contributed by atoms with E-state index < -0.39 is 0 Å². The number of hydrogen-bond acceptors (Lipinski definition) is 4. The van der Waals surface area contributed by atoms with E-state index in [9.17, 15) is 4.39 Å². The first kappa shape index (κ1) is 17.4. The average Bonchev–Trinajstić information content (AvgIpc) is 2.99. The van der Waals surface area contributed by atoms with Crippen molar-refractivity contribution in [3.63, 3.8) is 0 Å². The molecule has 0 aliphatic carbocycles. The van der Waals surface area contributed by atoms with Gasteiger partial charge >= 0.3 is 0 Å². The summed E-state index contributed by atoms with van der Waals surface area (Å²) in [6.07, 6.45) is 3.32. The largest absolute Gasteiger partial charge is 0.381 e. The molecule has 0 saturated carbocycles. The van der Waals surface area contributed by atoms with Crippen LogP contribution in [-0.4, -0.2) is 56.6 Å². The second kappa shape index (κ2) is 7.70. The first-order chi connectivity index (χ1) is 12.2. The van der Waals surface area contributed by atoms with Crippen molar-refractivity contribution < 1.29 is 18.6 Å². The topological polar surface area (TPSA) is 30.9 Å². The fourth-order valence-corrected chi connectivity index (χ4v) is 4.38. The maximum absolute atomic E-state index is 13.3. The lowest BCUT2D eigenvalue weighted by Crippen LogP contribution is -2.64. The lowest BCUT2D eigenvalue weighted by molar-refractivity contribution is -0.147. The minimum atomic E-state index is -0.163. The summed E-state index contributed by atoms with van der Waals surface area (Å²) in [5.74, 6) is 0.971. The van der Waals surface area contributed by atoms with Gasteiger partial charge < -0.3 is 14.2 Å². The molecule has 4 rings (SSSR count). The Hall–Kier alpha value is -1.01. The van der Waals surface area contributed by atoms with Crippen LogP contribution in [0, 0.1) is 17.7 Å². The molecule has 3 aliphatic rings. The second-order valence-electron chi connectivity index (χ2n) is 7.77. The molecule has 0 unspecified atom stereocenters. The molecule has 138 valence electrons. The van der Waals surface area contributed by atoms with Gasteiger partial charge in [-0.2, -0.15) is 0 Å². The molecule has 4 nitrogen and oxygen atoms in total. The lowest BCUT2D eigenvalue weighted by atomic mass is 9.81. The summed E-state index contributed by atoms with van der Waals surface area (Å²) in [6.45, 7) is 6.87. The molecule has 1 atom stereocenters.